The summed E-state index contributed by atoms with van der Waals surface area (Å²) >= 11 is 0. The molecule has 8 nitrogen and oxygen atoms in total. The van der Waals surface area contributed by atoms with Crippen LogP contribution in [-0.4, -0.2) is 36.5 Å². The summed E-state index contributed by atoms with van der Waals surface area (Å²) in [5.74, 6) is -0.285. The highest BCUT2D eigenvalue weighted by molar-refractivity contribution is 5.85. The van der Waals surface area contributed by atoms with Crippen LogP contribution in [0.25, 0.3) is 6.08 Å². The van der Waals surface area contributed by atoms with Crippen molar-refractivity contribution in [2.24, 2.45) is 0 Å². The molecule has 1 aromatic rings. The predicted molar refractivity (Wildman–Crippen MR) is 68.1 cm³/mol. The maximum absolute atomic E-state index is 10.4. The molecule has 0 atom stereocenters. The van der Waals surface area contributed by atoms with E-state index >= 15 is 0 Å². The van der Waals surface area contributed by atoms with E-state index in [-0.39, 0.29) is 13.2 Å². The molecule has 20 heavy (non-hydrogen) atoms. The van der Waals surface area contributed by atoms with Crippen LogP contribution in [0.1, 0.15) is 5.56 Å². The van der Waals surface area contributed by atoms with E-state index in [1.165, 1.54) is 13.2 Å². The molecule has 1 rings (SSSR count). The van der Waals surface area contributed by atoms with Crippen molar-refractivity contribution in [1.29, 1.82) is 0 Å². The number of methoxy groups -OCH3 is 1. The summed E-state index contributed by atoms with van der Waals surface area (Å²) in [6.07, 6.45) is 2.41. The molecular formula is C12H13NO7. The van der Waals surface area contributed by atoms with E-state index in [0.717, 1.165) is 6.08 Å². The minimum atomic E-state index is -1.05. The Balaban J connectivity index is 2.68. The molecule has 0 saturated carbocycles. The van der Waals surface area contributed by atoms with Gasteiger partial charge in [-0.05, 0) is 23.8 Å². The van der Waals surface area contributed by atoms with Crippen molar-refractivity contribution < 1.29 is 29.3 Å². The topological polar surface area (TPSA) is 108 Å². The fourth-order valence-electron chi connectivity index (χ4n) is 1.34. The second kappa shape index (κ2) is 7.62. The quantitative estimate of drug-likeness (QED) is 0.332. The maximum atomic E-state index is 10.4. The van der Waals surface area contributed by atoms with E-state index in [9.17, 15) is 14.9 Å². The van der Waals surface area contributed by atoms with Crippen molar-refractivity contribution in [3.8, 4) is 11.5 Å². The Morgan fingerprint density at radius 1 is 1.40 bits per heavy atom. The molecule has 0 radical (unpaired) electrons. The van der Waals surface area contributed by atoms with Gasteiger partial charge in [-0.3, -0.25) is 0 Å². The van der Waals surface area contributed by atoms with Gasteiger partial charge in [-0.25, -0.2) is 4.79 Å². The lowest BCUT2D eigenvalue weighted by Crippen LogP contribution is -2.10. The zero-order chi connectivity index (χ0) is 15.0. The molecule has 0 heterocycles. The number of hydrogen-bond acceptors (Lipinski definition) is 6. The van der Waals surface area contributed by atoms with Gasteiger partial charge in [-0.2, -0.15) is 0 Å². The number of rotatable bonds is 8. The standard InChI is InChI=1S/C12H13NO7/c1-18-11-8-9(3-5-12(14)15)2-4-10(11)19-6-7-20-13(16)17/h2-5,8H,6-7H2,1H3,(H,14,15). The Hall–Kier alpha value is -2.77. The highest BCUT2D eigenvalue weighted by Crippen LogP contribution is 2.28. The molecule has 8 heteroatoms. The van der Waals surface area contributed by atoms with E-state index < -0.39 is 11.1 Å². The Kier molecular flexibility index (Phi) is 5.82. The van der Waals surface area contributed by atoms with Gasteiger partial charge in [0.15, 0.2) is 11.5 Å². The first-order chi connectivity index (χ1) is 9.52. The average Bonchev–Trinajstić information content (AvgIpc) is 2.41. The molecule has 0 aliphatic heterocycles. The number of ether oxygens (including phenoxy) is 2. The van der Waals surface area contributed by atoms with Gasteiger partial charge < -0.3 is 19.4 Å². The van der Waals surface area contributed by atoms with Gasteiger partial charge in [0.1, 0.15) is 13.2 Å². The Morgan fingerprint density at radius 2 is 2.15 bits per heavy atom. The van der Waals surface area contributed by atoms with Crippen molar-refractivity contribution in [2.75, 3.05) is 20.3 Å². The van der Waals surface area contributed by atoms with Crippen LogP contribution in [0, 0.1) is 10.1 Å². The van der Waals surface area contributed by atoms with Crippen molar-refractivity contribution in [3.63, 3.8) is 0 Å². The zero-order valence-corrected chi connectivity index (χ0v) is 10.6. The van der Waals surface area contributed by atoms with Crippen LogP contribution in [-0.2, 0) is 9.63 Å². The molecule has 1 N–H and O–H groups in total. The number of benzene rings is 1. The van der Waals surface area contributed by atoms with E-state index in [0.29, 0.717) is 17.1 Å². The lowest BCUT2D eigenvalue weighted by Gasteiger charge is -2.10. The monoisotopic (exact) mass is 283 g/mol. The Morgan fingerprint density at radius 3 is 2.75 bits per heavy atom. The number of carbonyl (C=O) groups is 1. The van der Waals surface area contributed by atoms with Crippen LogP contribution in [0.5, 0.6) is 11.5 Å². The number of aliphatic carboxylic acids is 1. The van der Waals surface area contributed by atoms with Crippen LogP contribution in [0.3, 0.4) is 0 Å². The summed E-state index contributed by atoms with van der Waals surface area (Å²) in [5.41, 5.74) is 0.623. The van der Waals surface area contributed by atoms with Gasteiger partial charge in [0.2, 0.25) is 0 Å². The summed E-state index contributed by atoms with van der Waals surface area (Å²) in [5, 5.41) is 17.6. The molecule has 0 aliphatic rings. The molecule has 0 fully saturated rings. The summed E-state index contributed by atoms with van der Waals surface area (Å²) in [6, 6.07) is 4.79. The molecule has 1 aromatic carbocycles. The van der Waals surface area contributed by atoms with Gasteiger partial charge in [0.25, 0.3) is 5.09 Å². The Bertz CT molecular complexity index is 513. The van der Waals surface area contributed by atoms with Crippen LogP contribution >= 0.6 is 0 Å². The number of carboxylic acids is 1. The second-order valence-electron chi connectivity index (χ2n) is 3.49. The lowest BCUT2D eigenvalue weighted by molar-refractivity contribution is -0.757. The van der Waals surface area contributed by atoms with E-state index in [1.807, 2.05) is 0 Å². The highest BCUT2D eigenvalue weighted by Gasteiger charge is 2.05. The summed E-state index contributed by atoms with van der Waals surface area (Å²) in [4.78, 5) is 24.5. The van der Waals surface area contributed by atoms with Gasteiger partial charge >= 0.3 is 5.97 Å². The van der Waals surface area contributed by atoms with E-state index in [1.54, 1.807) is 18.2 Å². The third-order valence-electron chi connectivity index (χ3n) is 2.14. The highest BCUT2D eigenvalue weighted by atomic mass is 17.0. The average molecular weight is 283 g/mol. The lowest BCUT2D eigenvalue weighted by atomic mass is 10.2. The third-order valence-corrected chi connectivity index (χ3v) is 2.14. The largest absolute Gasteiger partial charge is 0.493 e. The van der Waals surface area contributed by atoms with Crippen LogP contribution in [0.2, 0.25) is 0 Å². The number of carboxylic acid groups (broad SMARTS) is 1. The molecule has 108 valence electrons. The van der Waals surface area contributed by atoms with Crippen molar-refractivity contribution >= 4 is 12.0 Å². The first-order valence-corrected chi connectivity index (χ1v) is 5.52. The Labute approximate surface area is 114 Å². The maximum Gasteiger partial charge on any atom is 0.328 e. The second-order valence-corrected chi connectivity index (χ2v) is 3.49. The van der Waals surface area contributed by atoms with Crippen molar-refractivity contribution in [2.45, 2.75) is 0 Å². The van der Waals surface area contributed by atoms with Crippen LogP contribution in [0.4, 0.5) is 0 Å². The van der Waals surface area contributed by atoms with Crippen LogP contribution in [0.15, 0.2) is 24.3 Å². The normalized spacial score (nSPS) is 10.2. The smallest absolute Gasteiger partial charge is 0.328 e. The first kappa shape index (κ1) is 15.3. The predicted octanol–water partition coefficient (Wildman–Crippen LogP) is 1.38. The molecule has 0 saturated heterocycles. The SMILES string of the molecule is COc1cc(C=CC(=O)O)ccc1OCCO[N+](=O)[O-]. The molecule has 0 unspecified atom stereocenters. The van der Waals surface area contributed by atoms with Crippen molar-refractivity contribution in [3.05, 3.63) is 40.0 Å². The van der Waals surface area contributed by atoms with Gasteiger partial charge in [-0.1, -0.05) is 6.07 Å². The zero-order valence-electron chi connectivity index (χ0n) is 10.6. The van der Waals surface area contributed by atoms with Gasteiger partial charge in [0, 0.05) is 6.08 Å². The van der Waals surface area contributed by atoms with Crippen LogP contribution < -0.4 is 9.47 Å². The number of nitrogens with zero attached hydrogens (tertiary/aromatic N) is 1. The fourth-order valence-corrected chi connectivity index (χ4v) is 1.34. The minimum Gasteiger partial charge on any atom is -0.493 e. The molecule has 0 amide bonds. The molecular weight excluding hydrogens is 270 g/mol. The molecule has 0 bridgehead atoms. The fraction of sp³-hybridized carbons (Fsp3) is 0.250. The number of hydrogen-bond donors (Lipinski definition) is 1. The minimum absolute atomic E-state index is 0.0123. The van der Waals surface area contributed by atoms with Crippen molar-refractivity contribution in [1.82, 2.24) is 0 Å². The van der Waals surface area contributed by atoms with Gasteiger partial charge in [-0.15, -0.1) is 10.1 Å². The van der Waals surface area contributed by atoms with E-state index in [4.69, 9.17) is 14.6 Å². The summed E-state index contributed by atoms with van der Waals surface area (Å²) < 4.78 is 10.4. The molecule has 0 aromatic heterocycles. The van der Waals surface area contributed by atoms with Gasteiger partial charge in [0.05, 0.1) is 7.11 Å². The first-order valence-electron chi connectivity index (χ1n) is 5.52. The summed E-state index contributed by atoms with van der Waals surface area (Å²) in [7, 11) is 1.43. The van der Waals surface area contributed by atoms with E-state index in [2.05, 4.69) is 4.84 Å². The molecule has 0 spiro atoms. The summed E-state index contributed by atoms with van der Waals surface area (Å²) in [6.45, 7) is -0.210. The third kappa shape index (κ3) is 5.25. The molecule has 0 aliphatic carbocycles.